The molecule has 4 rings (SSSR count). The lowest BCUT2D eigenvalue weighted by Crippen LogP contribution is -2.57. The van der Waals surface area contributed by atoms with E-state index in [0.717, 1.165) is 16.8 Å². The monoisotopic (exact) mass is 481 g/mol. The Bertz CT molecular complexity index is 1010. The summed E-state index contributed by atoms with van der Waals surface area (Å²) in [6, 6.07) is 10.1. The molecule has 0 spiro atoms. The normalized spacial score (nSPS) is 24.1. The molecule has 0 saturated carbocycles. The molecule has 0 aliphatic carbocycles. The summed E-state index contributed by atoms with van der Waals surface area (Å²) in [6.07, 6.45) is -0.181. The zero-order valence-corrected chi connectivity index (χ0v) is 20.5. The van der Waals surface area contributed by atoms with Crippen molar-refractivity contribution in [3.05, 3.63) is 52.3 Å². The molecule has 1 aromatic carbocycles. The predicted molar refractivity (Wildman–Crippen MR) is 125 cm³/mol. The smallest absolute Gasteiger partial charge is 0.282 e. The van der Waals surface area contributed by atoms with Crippen molar-refractivity contribution in [2.75, 3.05) is 39.3 Å². The van der Waals surface area contributed by atoms with E-state index in [1.807, 2.05) is 43.7 Å². The molecule has 0 bridgehead atoms. The van der Waals surface area contributed by atoms with Crippen LogP contribution in [0.2, 0.25) is 5.15 Å². The van der Waals surface area contributed by atoms with Crippen molar-refractivity contribution in [1.29, 1.82) is 0 Å². The van der Waals surface area contributed by atoms with Crippen LogP contribution in [0.25, 0.3) is 0 Å². The minimum absolute atomic E-state index is 0.0904. The van der Waals surface area contributed by atoms with Crippen molar-refractivity contribution in [2.45, 2.75) is 46.1 Å². The van der Waals surface area contributed by atoms with E-state index in [1.54, 1.807) is 8.61 Å². The molecule has 8 nitrogen and oxygen atoms in total. The molecule has 2 atom stereocenters. The van der Waals surface area contributed by atoms with Gasteiger partial charge in [0.2, 0.25) is 0 Å². The van der Waals surface area contributed by atoms with Gasteiger partial charge in [0.15, 0.2) is 0 Å². The van der Waals surface area contributed by atoms with Crippen molar-refractivity contribution >= 4 is 21.8 Å². The highest BCUT2D eigenvalue weighted by Crippen LogP contribution is 2.24. The number of piperazine rings is 1. The largest absolute Gasteiger partial charge is 0.373 e. The fourth-order valence-electron chi connectivity index (χ4n) is 4.46. The summed E-state index contributed by atoms with van der Waals surface area (Å²) in [5, 5.41) is 5.28. The number of aryl methyl sites for hydroxylation is 1. The lowest BCUT2D eigenvalue weighted by atomic mass is 10.2. The third kappa shape index (κ3) is 5.18. The summed E-state index contributed by atoms with van der Waals surface area (Å²) in [7, 11) is -3.48. The van der Waals surface area contributed by atoms with Gasteiger partial charge < -0.3 is 4.74 Å². The standard InChI is InChI=1S/C22H32ClN5O3S/c1-17-13-27(14-18(2)31-17)32(29,30)26-11-9-25(10-12-26)16-21-19(3)24-28(22(21)23)15-20-7-5-4-6-8-20/h4-8,17-18H,9-16H2,1-3H3. The third-order valence-electron chi connectivity index (χ3n) is 6.11. The topological polar surface area (TPSA) is 70.9 Å². The van der Waals surface area contributed by atoms with E-state index >= 15 is 0 Å². The quantitative estimate of drug-likeness (QED) is 0.633. The highest BCUT2D eigenvalue weighted by Gasteiger charge is 2.36. The Labute approximate surface area is 195 Å². The first-order chi connectivity index (χ1) is 15.2. The van der Waals surface area contributed by atoms with Gasteiger partial charge in [0.05, 0.1) is 24.4 Å². The van der Waals surface area contributed by atoms with E-state index in [2.05, 4.69) is 22.1 Å². The lowest BCUT2D eigenvalue weighted by molar-refractivity contribution is -0.0457. The second kappa shape index (κ2) is 9.79. The Balaban J connectivity index is 1.37. The number of hydrogen-bond acceptors (Lipinski definition) is 5. The minimum atomic E-state index is -3.48. The molecular formula is C22H32ClN5O3S. The summed E-state index contributed by atoms with van der Waals surface area (Å²) < 4.78 is 36.9. The first-order valence-corrected chi connectivity index (χ1v) is 12.9. The number of halogens is 1. The van der Waals surface area contributed by atoms with Gasteiger partial charge in [0, 0.05) is 51.4 Å². The molecule has 1 aromatic heterocycles. The van der Waals surface area contributed by atoms with Crippen LogP contribution in [0.3, 0.4) is 0 Å². The highest BCUT2D eigenvalue weighted by molar-refractivity contribution is 7.86. The fraction of sp³-hybridized carbons (Fsp3) is 0.591. The number of nitrogens with zero attached hydrogens (tertiary/aromatic N) is 5. The first-order valence-electron chi connectivity index (χ1n) is 11.1. The van der Waals surface area contributed by atoms with Gasteiger partial charge >= 0.3 is 0 Å². The van der Waals surface area contributed by atoms with Crippen molar-refractivity contribution in [1.82, 2.24) is 23.3 Å². The van der Waals surface area contributed by atoms with E-state index in [4.69, 9.17) is 16.3 Å². The first kappa shape index (κ1) is 23.7. The van der Waals surface area contributed by atoms with Crippen LogP contribution in [0, 0.1) is 6.92 Å². The molecule has 2 aliphatic heterocycles. The average molecular weight is 482 g/mol. The van der Waals surface area contributed by atoms with E-state index in [-0.39, 0.29) is 12.2 Å². The summed E-state index contributed by atoms with van der Waals surface area (Å²) in [6.45, 7) is 10.2. The number of hydrogen-bond donors (Lipinski definition) is 0. The molecule has 176 valence electrons. The second-order valence-electron chi connectivity index (χ2n) is 8.76. The van der Waals surface area contributed by atoms with Gasteiger partial charge in [-0.15, -0.1) is 0 Å². The summed E-state index contributed by atoms with van der Waals surface area (Å²) >= 11 is 6.68. The number of ether oxygens (including phenoxy) is 1. The van der Waals surface area contributed by atoms with Crippen molar-refractivity contribution in [3.63, 3.8) is 0 Å². The van der Waals surface area contributed by atoms with Crippen molar-refractivity contribution in [2.24, 2.45) is 0 Å². The molecule has 2 fully saturated rings. The van der Waals surface area contributed by atoms with Crippen LogP contribution in [-0.2, 0) is 28.0 Å². The van der Waals surface area contributed by atoms with Crippen LogP contribution in [0.1, 0.15) is 30.7 Å². The van der Waals surface area contributed by atoms with Crippen LogP contribution >= 0.6 is 11.6 Å². The maximum absolute atomic E-state index is 13.1. The minimum Gasteiger partial charge on any atom is -0.373 e. The molecule has 2 unspecified atom stereocenters. The van der Waals surface area contributed by atoms with E-state index in [9.17, 15) is 8.42 Å². The summed E-state index contributed by atoms with van der Waals surface area (Å²) in [5.74, 6) is 0. The molecular weight excluding hydrogens is 450 g/mol. The van der Waals surface area contributed by atoms with E-state index < -0.39 is 10.2 Å². The van der Waals surface area contributed by atoms with Gasteiger partial charge in [-0.25, -0.2) is 4.68 Å². The molecule has 0 radical (unpaired) electrons. The zero-order chi connectivity index (χ0) is 22.9. The van der Waals surface area contributed by atoms with Crippen LogP contribution in [0.15, 0.2) is 30.3 Å². The van der Waals surface area contributed by atoms with Crippen molar-refractivity contribution in [3.8, 4) is 0 Å². The van der Waals surface area contributed by atoms with Crippen molar-refractivity contribution < 1.29 is 13.2 Å². The Morgan fingerprint density at radius 1 is 1.00 bits per heavy atom. The fourth-order valence-corrected chi connectivity index (χ4v) is 6.50. The van der Waals surface area contributed by atoms with Crippen LogP contribution < -0.4 is 0 Å². The number of morpholine rings is 1. The Morgan fingerprint density at radius 2 is 1.62 bits per heavy atom. The molecule has 32 heavy (non-hydrogen) atoms. The van der Waals surface area contributed by atoms with Crippen LogP contribution in [-0.4, -0.2) is 83.2 Å². The molecule has 2 aliphatic rings. The number of rotatable bonds is 6. The maximum Gasteiger partial charge on any atom is 0.282 e. The van der Waals surface area contributed by atoms with E-state index in [1.165, 1.54) is 0 Å². The Morgan fingerprint density at radius 3 is 2.25 bits per heavy atom. The maximum atomic E-state index is 13.1. The van der Waals surface area contributed by atoms with Crippen LogP contribution in [0.4, 0.5) is 0 Å². The number of benzene rings is 1. The van der Waals surface area contributed by atoms with Gasteiger partial charge in [-0.3, -0.25) is 4.90 Å². The SMILES string of the molecule is Cc1nn(Cc2ccccc2)c(Cl)c1CN1CCN(S(=O)(=O)N2CC(C)OC(C)C2)CC1. The lowest BCUT2D eigenvalue weighted by Gasteiger charge is -2.40. The van der Waals surface area contributed by atoms with Gasteiger partial charge in [-0.1, -0.05) is 41.9 Å². The number of aromatic nitrogens is 2. The predicted octanol–water partition coefficient (Wildman–Crippen LogP) is 2.36. The van der Waals surface area contributed by atoms with Crippen LogP contribution in [0.5, 0.6) is 0 Å². The van der Waals surface area contributed by atoms with E-state index in [0.29, 0.717) is 57.5 Å². The van der Waals surface area contributed by atoms with Gasteiger partial charge in [-0.2, -0.15) is 22.1 Å². The molecule has 0 N–H and O–H groups in total. The molecule has 3 heterocycles. The summed E-state index contributed by atoms with van der Waals surface area (Å²) in [5.41, 5.74) is 3.07. The Kier molecular flexibility index (Phi) is 7.24. The molecule has 2 saturated heterocycles. The highest BCUT2D eigenvalue weighted by atomic mass is 35.5. The second-order valence-corrected chi connectivity index (χ2v) is 11.0. The van der Waals surface area contributed by atoms with Gasteiger partial charge in [0.25, 0.3) is 10.2 Å². The third-order valence-corrected chi connectivity index (χ3v) is 8.50. The molecule has 0 amide bonds. The Hall–Kier alpha value is -1.49. The molecule has 10 heteroatoms. The summed E-state index contributed by atoms with van der Waals surface area (Å²) in [4.78, 5) is 2.25. The van der Waals surface area contributed by atoms with Gasteiger partial charge in [-0.05, 0) is 26.3 Å². The zero-order valence-electron chi connectivity index (χ0n) is 18.9. The average Bonchev–Trinajstić information content (AvgIpc) is 3.01. The molecule has 2 aromatic rings. The van der Waals surface area contributed by atoms with Gasteiger partial charge in [0.1, 0.15) is 5.15 Å².